The van der Waals surface area contributed by atoms with Crippen LogP contribution in [-0.4, -0.2) is 34.3 Å². The topological polar surface area (TPSA) is 66.8 Å². The summed E-state index contributed by atoms with van der Waals surface area (Å²) in [5.41, 5.74) is 2.07. The van der Waals surface area contributed by atoms with E-state index in [4.69, 9.17) is 4.74 Å². The molecule has 0 aromatic heterocycles. The zero-order valence-electron chi connectivity index (χ0n) is 16.7. The number of carbonyl (C=O) groups excluding carboxylic acids is 2. The van der Waals surface area contributed by atoms with E-state index in [0.717, 1.165) is 36.8 Å². The zero-order valence-corrected chi connectivity index (χ0v) is 16.7. The van der Waals surface area contributed by atoms with Crippen molar-refractivity contribution in [3.8, 4) is 0 Å². The van der Waals surface area contributed by atoms with E-state index in [1.807, 2.05) is 60.7 Å². The molecule has 1 amide bonds. The van der Waals surface area contributed by atoms with Crippen LogP contribution in [0.15, 0.2) is 72.0 Å². The van der Waals surface area contributed by atoms with Gasteiger partial charge in [-0.3, -0.25) is 9.59 Å². The lowest BCUT2D eigenvalue weighted by Gasteiger charge is -2.35. The van der Waals surface area contributed by atoms with E-state index in [1.54, 1.807) is 4.90 Å². The zero-order chi connectivity index (χ0) is 20.7. The Morgan fingerprint density at radius 2 is 1.63 bits per heavy atom. The maximum absolute atomic E-state index is 13.5. The number of fused-ring (bicyclic) bond motifs is 1. The first-order chi connectivity index (χ1) is 14.6. The smallest absolute Gasteiger partial charge is 0.290 e. The van der Waals surface area contributed by atoms with Gasteiger partial charge in [-0.05, 0) is 30.4 Å². The highest BCUT2D eigenvalue weighted by Gasteiger charge is 2.52. The monoisotopic (exact) mass is 403 g/mol. The molecule has 1 saturated carbocycles. The van der Waals surface area contributed by atoms with E-state index < -0.39 is 12.1 Å². The highest BCUT2D eigenvalue weighted by Crippen LogP contribution is 2.47. The van der Waals surface area contributed by atoms with E-state index in [0.29, 0.717) is 5.57 Å². The number of hydrogen-bond donors (Lipinski definition) is 1. The van der Waals surface area contributed by atoms with Crippen molar-refractivity contribution >= 4 is 11.7 Å². The summed E-state index contributed by atoms with van der Waals surface area (Å²) >= 11 is 0. The van der Waals surface area contributed by atoms with Crippen molar-refractivity contribution in [1.82, 2.24) is 4.90 Å². The first-order valence-electron chi connectivity index (χ1n) is 10.7. The minimum Gasteiger partial charge on any atom is -0.483 e. The van der Waals surface area contributed by atoms with Crippen LogP contribution >= 0.6 is 0 Å². The van der Waals surface area contributed by atoms with Crippen LogP contribution in [0.25, 0.3) is 0 Å². The molecule has 0 bridgehead atoms. The highest BCUT2D eigenvalue weighted by molar-refractivity contribution is 6.11. The fourth-order valence-corrected chi connectivity index (χ4v) is 5.03. The van der Waals surface area contributed by atoms with Crippen molar-refractivity contribution < 1.29 is 19.4 Å². The summed E-state index contributed by atoms with van der Waals surface area (Å²) in [5, 5.41) is 10.8. The average Bonchev–Trinajstić information content (AvgIpc) is 3.07. The number of benzene rings is 2. The van der Waals surface area contributed by atoms with Gasteiger partial charge >= 0.3 is 0 Å². The molecule has 2 heterocycles. The number of β-amino-alcohol motifs (C(OH)–C–C–N with tert-alkyl or cyclic N) is 1. The van der Waals surface area contributed by atoms with Gasteiger partial charge in [0.2, 0.25) is 0 Å². The Morgan fingerprint density at radius 3 is 2.37 bits per heavy atom. The number of carbonyl (C=O) groups is 2. The molecule has 30 heavy (non-hydrogen) atoms. The predicted octanol–water partition coefficient (Wildman–Crippen LogP) is 3.72. The van der Waals surface area contributed by atoms with Gasteiger partial charge < -0.3 is 14.7 Å². The maximum Gasteiger partial charge on any atom is 0.290 e. The number of aliphatic hydroxyl groups is 1. The molecule has 4 unspecified atom stereocenters. The van der Waals surface area contributed by atoms with Crippen molar-refractivity contribution in [3.05, 3.63) is 83.1 Å². The summed E-state index contributed by atoms with van der Waals surface area (Å²) in [6.07, 6.45) is 2.60. The molecule has 2 aliphatic heterocycles. The minimum atomic E-state index is -0.847. The maximum atomic E-state index is 13.5. The third-order valence-corrected chi connectivity index (χ3v) is 6.53. The first kappa shape index (κ1) is 19.1. The summed E-state index contributed by atoms with van der Waals surface area (Å²) in [5.74, 6) is -0.237. The molecule has 2 aromatic rings. The van der Waals surface area contributed by atoms with Gasteiger partial charge in [0.25, 0.3) is 5.91 Å². The number of ether oxygens (including phenoxy) is 1. The molecule has 3 aliphatic rings. The summed E-state index contributed by atoms with van der Waals surface area (Å²) in [6, 6.07) is 18.3. The van der Waals surface area contributed by atoms with Gasteiger partial charge in [0.15, 0.2) is 11.5 Å². The van der Waals surface area contributed by atoms with Gasteiger partial charge in [-0.1, -0.05) is 67.1 Å². The van der Waals surface area contributed by atoms with Gasteiger partial charge in [0, 0.05) is 0 Å². The Hall–Kier alpha value is -2.92. The Kier molecular flexibility index (Phi) is 4.91. The lowest BCUT2D eigenvalue weighted by Crippen LogP contribution is -2.39. The van der Waals surface area contributed by atoms with E-state index in [-0.39, 0.29) is 36.0 Å². The quantitative estimate of drug-likeness (QED) is 0.845. The van der Waals surface area contributed by atoms with Crippen LogP contribution in [0.5, 0.6) is 0 Å². The van der Waals surface area contributed by atoms with E-state index >= 15 is 0 Å². The van der Waals surface area contributed by atoms with Crippen LogP contribution in [0.1, 0.15) is 49.0 Å². The standard InChI is InChI=1S/C25H25NO4/c27-19(16-9-3-1-4-10-16)15-26-22(17-11-5-2-6-12-17)21-23(28)18-13-7-8-14-20(18)30-24(21)25(26)29/h1-6,9-12,18-20,22,27H,7-8,13-15H2. The van der Waals surface area contributed by atoms with Gasteiger partial charge in [0.05, 0.1) is 30.2 Å². The van der Waals surface area contributed by atoms with Gasteiger partial charge in [0.1, 0.15) is 6.10 Å². The van der Waals surface area contributed by atoms with Crippen molar-refractivity contribution in [2.24, 2.45) is 5.92 Å². The number of Topliss-reactive ketones (excluding diaryl/α,β-unsaturated/α-hetero) is 1. The predicted molar refractivity (Wildman–Crippen MR) is 111 cm³/mol. The molecule has 5 heteroatoms. The Balaban J connectivity index is 1.53. The van der Waals surface area contributed by atoms with Gasteiger partial charge in [-0.2, -0.15) is 0 Å². The van der Waals surface area contributed by atoms with Crippen LogP contribution in [0.2, 0.25) is 0 Å². The summed E-state index contributed by atoms with van der Waals surface area (Å²) in [7, 11) is 0. The van der Waals surface area contributed by atoms with Crippen molar-refractivity contribution in [2.75, 3.05) is 6.54 Å². The minimum absolute atomic E-state index is 0.0415. The summed E-state index contributed by atoms with van der Waals surface area (Å²) in [6.45, 7) is 0.0986. The SMILES string of the molecule is O=C1C2=C(OC3CCCCC13)C(=O)N(CC(O)c1ccccc1)C2c1ccccc1. The molecule has 5 rings (SSSR count). The molecule has 5 nitrogen and oxygen atoms in total. The van der Waals surface area contributed by atoms with Crippen LogP contribution in [-0.2, 0) is 14.3 Å². The first-order valence-corrected chi connectivity index (χ1v) is 10.7. The summed E-state index contributed by atoms with van der Waals surface area (Å²) < 4.78 is 6.15. The van der Waals surface area contributed by atoms with Crippen LogP contribution in [0.4, 0.5) is 0 Å². The number of rotatable bonds is 4. The molecule has 2 aromatic carbocycles. The van der Waals surface area contributed by atoms with Gasteiger partial charge in [-0.15, -0.1) is 0 Å². The second-order valence-corrected chi connectivity index (χ2v) is 8.35. The third kappa shape index (κ3) is 3.14. The fraction of sp³-hybridized carbons (Fsp3) is 0.360. The molecule has 4 atom stereocenters. The molecule has 0 spiro atoms. The van der Waals surface area contributed by atoms with E-state index in [2.05, 4.69) is 0 Å². The second-order valence-electron chi connectivity index (χ2n) is 8.35. The van der Waals surface area contributed by atoms with Gasteiger partial charge in [-0.25, -0.2) is 0 Å². The molecular weight excluding hydrogens is 378 g/mol. The largest absolute Gasteiger partial charge is 0.483 e. The van der Waals surface area contributed by atoms with Crippen molar-refractivity contribution in [2.45, 2.75) is 43.9 Å². The Bertz CT molecular complexity index is 985. The molecule has 1 N–H and O–H groups in total. The number of aliphatic hydroxyl groups excluding tert-OH is 1. The summed E-state index contributed by atoms with van der Waals surface area (Å²) in [4.78, 5) is 28.5. The molecule has 1 aliphatic carbocycles. The number of ketones is 1. The number of amides is 1. The second kappa shape index (κ2) is 7.73. The molecule has 1 fully saturated rings. The fourth-order valence-electron chi connectivity index (χ4n) is 5.03. The van der Waals surface area contributed by atoms with Crippen LogP contribution in [0.3, 0.4) is 0 Å². The molecule has 0 saturated heterocycles. The number of nitrogens with zero attached hydrogens (tertiary/aromatic N) is 1. The van der Waals surface area contributed by atoms with Crippen molar-refractivity contribution in [1.29, 1.82) is 0 Å². The van der Waals surface area contributed by atoms with E-state index in [9.17, 15) is 14.7 Å². The molecule has 154 valence electrons. The van der Waals surface area contributed by atoms with Crippen LogP contribution in [0, 0.1) is 5.92 Å². The normalized spacial score (nSPS) is 26.8. The number of hydrogen-bond acceptors (Lipinski definition) is 4. The van der Waals surface area contributed by atoms with E-state index in [1.165, 1.54) is 0 Å². The molecule has 0 radical (unpaired) electrons. The molecular formula is C25H25NO4. The lowest BCUT2D eigenvalue weighted by molar-refractivity contribution is -0.136. The van der Waals surface area contributed by atoms with Crippen LogP contribution < -0.4 is 0 Å². The average molecular weight is 403 g/mol. The third-order valence-electron chi connectivity index (χ3n) is 6.53. The Labute approximate surface area is 176 Å². The highest BCUT2D eigenvalue weighted by atomic mass is 16.5. The lowest BCUT2D eigenvalue weighted by atomic mass is 9.77. The Morgan fingerprint density at radius 1 is 0.967 bits per heavy atom. The van der Waals surface area contributed by atoms with Crippen molar-refractivity contribution in [3.63, 3.8) is 0 Å².